The summed E-state index contributed by atoms with van der Waals surface area (Å²) in [6.45, 7) is 5.36. The Balaban J connectivity index is 2.92. The second kappa shape index (κ2) is 6.27. The third kappa shape index (κ3) is 2.86. The van der Waals surface area contributed by atoms with Crippen LogP contribution in [0.3, 0.4) is 0 Å². The minimum atomic E-state index is -1.17. The number of rotatable bonds is 6. The van der Waals surface area contributed by atoms with Gasteiger partial charge in [0.15, 0.2) is 0 Å². The van der Waals surface area contributed by atoms with Gasteiger partial charge in [-0.05, 0) is 12.8 Å². The molecular formula is C12H20N2O4S. The summed E-state index contributed by atoms with van der Waals surface area (Å²) >= 11 is 0. The summed E-state index contributed by atoms with van der Waals surface area (Å²) in [5.41, 5.74) is -1.17. The van der Waals surface area contributed by atoms with E-state index in [0.717, 1.165) is 4.90 Å². The number of carbonyl (C=O) groups is 3. The van der Waals surface area contributed by atoms with Crippen LogP contribution in [0.5, 0.6) is 0 Å². The van der Waals surface area contributed by atoms with Crippen molar-refractivity contribution >= 4 is 28.6 Å². The quantitative estimate of drug-likeness (QED) is 0.727. The highest BCUT2D eigenvalue weighted by Crippen LogP contribution is 2.32. The van der Waals surface area contributed by atoms with E-state index in [1.807, 2.05) is 0 Å². The van der Waals surface area contributed by atoms with Crippen molar-refractivity contribution in [2.24, 2.45) is 5.41 Å². The molecule has 0 aromatic heterocycles. The van der Waals surface area contributed by atoms with Crippen LogP contribution in [0.15, 0.2) is 0 Å². The number of hydrogen-bond donors (Lipinski definition) is 1. The molecule has 108 valence electrons. The van der Waals surface area contributed by atoms with Crippen molar-refractivity contribution in [2.45, 2.75) is 33.6 Å². The predicted molar refractivity (Wildman–Crippen MR) is 71.8 cm³/mol. The van der Waals surface area contributed by atoms with Crippen molar-refractivity contribution in [3.8, 4) is 0 Å². The first-order valence-electron chi connectivity index (χ1n) is 6.45. The Kier molecular flexibility index (Phi) is 5.22. The van der Waals surface area contributed by atoms with Crippen molar-refractivity contribution in [1.29, 1.82) is 0 Å². The van der Waals surface area contributed by atoms with Gasteiger partial charge in [0.25, 0.3) is 0 Å². The number of urea groups is 1. The van der Waals surface area contributed by atoms with Crippen LogP contribution in [0, 0.1) is 5.41 Å². The predicted octanol–water partition coefficient (Wildman–Crippen LogP) is 0.640. The molecule has 7 heteroatoms. The summed E-state index contributed by atoms with van der Waals surface area (Å²) in [7, 11) is -1.05. The summed E-state index contributed by atoms with van der Waals surface area (Å²) in [4.78, 5) is 37.0. The molecule has 1 fully saturated rings. The maximum atomic E-state index is 12.4. The van der Waals surface area contributed by atoms with E-state index in [0.29, 0.717) is 18.6 Å². The van der Waals surface area contributed by atoms with E-state index in [2.05, 4.69) is 5.32 Å². The highest BCUT2D eigenvalue weighted by Gasteiger charge is 2.51. The molecule has 1 heterocycles. The Morgan fingerprint density at radius 1 is 1.16 bits per heavy atom. The highest BCUT2D eigenvalue weighted by molar-refractivity contribution is 7.84. The number of amides is 4. The highest BCUT2D eigenvalue weighted by atomic mass is 32.2. The molecule has 19 heavy (non-hydrogen) atoms. The van der Waals surface area contributed by atoms with Gasteiger partial charge in [-0.25, -0.2) is 4.79 Å². The topological polar surface area (TPSA) is 83.6 Å². The first-order chi connectivity index (χ1) is 8.92. The van der Waals surface area contributed by atoms with Crippen LogP contribution in [-0.2, 0) is 20.4 Å². The number of barbiturate groups is 1. The Hall–Kier alpha value is -1.24. The molecule has 1 saturated heterocycles. The average Bonchev–Trinajstić information content (AvgIpc) is 2.39. The van der Waals surface area contributed by atoms with Gasteiger partial charge in [0.2, 0.25) is 11.8 Å². The van der Waals surface area contributed by atoms with Crippen molar-refractivity contribution in [1.82, 2.24) is 10.2 Å². The molecule has 6 nitrogen and oxygen atoms in total. The summed E-state index contributed by atoms with van der Waals surface area (Å²) in [6, 6.07) is -0.708. The van der Waals surface area contributed by atoms with Gasteiger partial charge >= 0.3 is 6.03 Å². The third-order valence-electron chi connectivity index (χ3n) is 3.63. The summed E-state index contributed by atoms with van der Waals surface area (Å²) in [6.07, 6.45) is 0.684. The van der Waals surface area contributed by atoms with E-state index < -0.39 is 34.1 Å². The van der Waals surface area contributed by atoms with Gasteiger partial charge in [-0.1, -0.05) is 20.8 Å². The van der Waals surface area contributed by atoms with E-state index in [4.69, 9.17) is 0 Å². The average molecular weight is 288 g/mol. The van der Waals surface area contributed by atoms with E-state index in [-0.39, 0.29) is 12.3 Å². The molecule has 0 aromatic carbocycles. The number of nitrogens with zero attached hydrogens (tertiary/aromatic N) is 1. The molecule has 1 rings (SSSR count). The van der Waals surface area contributed by atoms with Crippen LogP contribution in [-0.4, -0.2) is 45.0 Å². The van der Waals surface area contributed by atoms with Gasteiger partial charge in [0, 0.05) is 28.9 Å². The fraction of sp³-hybridized carbons (Fsp3) is 0.750. The maximum Gasteiger partial charge on any atom is 0.330 e. The Morgan fingerprint density at radius 2 is 1.74 bits per heavy atom. The van der Waals surface area contributed by atoms with Crippen LogP contribution in [0.25, 0.3) is 0 Å². The lowest BCUT2D eigenvalue weighted by Crippen LogP contribution is -2.64. The lowest BCUT2D eigenvalue weighted by atomic mass is 9.78. The van der Waals surface area contributed by atoms with Gasteiger partial charge in [0.05, 0.1) is 0 Å². The van der Waals surface area contributed by atoms with E-state index in [1.165, 1.54) is 0 Å². The van der Waals surface area contributed by atoms with Crippen LogP contribution in [0.1, 0.15) is 33.6 Å². The lowest BCUT2D eigenvalue weighted by molar-refractivity contribution is -0.151. The van der Waals surface area contributed by atoms with Crippen molar-refractivity contribution in [3.63, 3.8) is 0 Å². The summed E-state index contributed by atoms with van der Waals surface area (Å²) in [5.74, 6) is -0.275. The number of nitrogens with one attached hydrogen (secondary N) is 1. The molecule has 1 aliphatic rings. The monoisotopic (exact) mass is 288 g/mol. The van der Waals surface area contributed by atoms with E-state index in [1.54, 1.807) is 20.8 Å². The zero-order valence-electron chi connectivity index (χ0n) is 11.5. The Labute approximate surface area is 115 Å². The second-order valence-corrected chi connectivity index (χ2v) is 6.30. The maximum absolute atomic E-state index is 12.4. The minimum absolute atomic E-state index is 0.0835. The largest absolute Gasteiger partial charge is 0.330 e. The van der Waals surface area contributed by atoms with Crippen LogP contribution in [0.2, 0.25) is 0 Å². The minimum Gasteiger partial charge on any atom is -0.277 e. The second-order valence-electron chi connectivity index (χ2n) is 4.44. The molecule has 0 radical (unpaired) electrons. The van der Waals surface area contributed by atoms with Gasteiger partial charge in [-0.15, -0.1) is 0 Å². The Morgan fingerprint density at radius 3 is 2.21 bits per heavy atom. The fourth-order valence-corrected chi connectivity index (χ4v) is 2.82. The fourth-order valence-electron chi connectivity index (χ4n) is 2.15. The zero-order valence-corrected chi connectivity index (χ0v) is 12.3. The summed E-state index contributed by atoms with van der Waals surface area (Å²) in [5, 5.41) is 2.22. The molecule has 1 aliphatic heterocycles. The molecule has 0 aliphatic carbocycles. The normalized spacial score (nSPS) is 20.4. The van der Waals surface area contributed by atoms with Gasteiger partial charge in [0.1, 0.15) is 5.41 Å². The van der Waals surface area contributed by atoms with E-state index >= 15 is 0 Å². The SMILES string of the molecule is CCS(=O)CCN1C(=O)NC(=O)C(CC)(CC)C1=O. The molecule has 1 unspecified atom stereocenters. The summed E-state index contributed by atoms with van der Waals surface area (Å²) < 4.78 is 11.4. The first kappa shape index (κ1) is 15.8. The van der Waals surface area contributed by atoms with Crippen molar-refractivity contribution < 1.29 is 18.6 Å². The van der Waals surface area contributed by atoms with Gasteiger partial charge < -0.3 is 0 Å². The van der Waals surface area contributed by atoms with Crippen molar-refractivity contribution in [2.75, 3.05) is 18.1 Å². The number of imide groups is 2. The standard InChI is InChI=1S/C12H20N2O4S/c1-4-12(5-2)9(15)13-11(17)14(10(12)16)7-8-19(18)6-3/h4-8H2,1-3H3,(H,13,15,17). The number of hydrogen-bond acceptors (Lipinski definition) is 4. The zero-order chi connectivity index (χ0) is 14.6. The Bertz CT molecular complexity index is 418. The molecule has 1 atom stereocenters. The van der Waals surface area contributed by atoms with Crippen molar-refractivity contribution in [3.05, 3.63) is 0 Å². The molecule has 0 saturated carbocycles. The third-order valence-corrected chi connectivity index (χ3v) is 4.91. The van der Waals surface area contributed by atoms with Crippen LogP contribution < -0.4 is 5.32 Å². The molecule has 4 amide bonds. The van der Waals surface area contributed by atoms with E-state index in [9.17, 15) is 18.6 Å². The van der Waals surface area contributed by atoms with Crippen LogP contribution >= 0.6 is 0 Å². The van der Waals surface area contributed by atoms with Gasteiger partial charge in [-0.2, -0.15) is 0 Å². The first-order valence-corrected chi connectivity index (χ1v) is 7.94. The van der Waals surface area contributed by atoms with Gasteiger partial charge in [-0.3, -0.25) is 24.0 Å². The lowest BCUT2D eigenvalue weighted by Gasteiger charge is -2.38. The van der Waals surface area contributed by atoms with Crippen LogP contribution in [0.4, 0.5) is 4.79 Å². The molecule has 0 spiro atoms. The smallest absolute Gasteiger partial charge is 0.277 e. The molecule has 0 bridgehead atoms. The number of carbonyl (C=O) groups excluding carboxylic acids is 3. The molecule has 0 aromatic rings. The molecular weight excluding hydrogens is 268 g/mol. The molecule has 1 N–H and O–H groups in total.